The Morgan fingerprint density at radius 2 is 1.94 bits per heavy atom. The molecule has 0 atom stereocenters. The molecule has 8 heteroatoms. The van der Waals surface area contributed by atoms with Crippen molar-refractivity contribution in [2.75, 3.05) is 34.3 Å². The van der Waals surface area contributed by atoms with Gasteiger partial charge in [0.05, 0.1) is 30.9 Å². The molecule has 2 heterocycles. The van der Waals surface area contributed by atoms with Crippen molar-refractivity contribution in [2.24, 2.45) is 0 Å². The van der Waals surface area contributed by atoms with Gasteiger partial charge in [0.1, 0.15) is 11.3 Å². The predicted octanol–water partition coefficient (Wildman–Crippen LogP) is 2.39. The first-order valence-electron chi connectivity index (χ1n) is 10.5. The smallest absolute Gasteiger partial charge is 0.277 e. The molecule has 0 radical (unpaired) electrons. The lowest BCUT2D eigenvalue weighted by molar-refractivity contribution is 0.0952. The highest BCUT2D eigenvalue weighted by molar-refractivity contribution is 5.97. The van der Waals surface area contributed by atoms with Crippen molar-refractivity contribution < 1.29 is 9.53 Å². The Hall–Kier alpha value is -3.65. The molecule has 8 nitrogen and oxygen atoms in total. The summed E-state index contributed by atoms with van der Waals surface area (Å²) in [5.41, 5.74) is 3.16. The van der Waals surface area contributed by atoms with Gasteiger partial charge in [0.25, 0.3) is 11.5 Å². The van der Waals surface area contributed by atoms with Crippen molar-refractivity contribution in [3.8, 4) is 5.75 Å². The van der Waals surface area contributed by atoms with Gasteiger partial charge in [-0.05, 0) is 69.0 Å². The predicted molar refractivity (Wildman–Crippen MR) is 125 cm³/mol. The molecule has 32 heavy (non-hydrogen) atoms. The topological polar surface area (TPSA) is 80.9 Å². The number of ether oxygens (including phenoxy) is 1. The van der Waals surface area contributed by atoms with Crippen molar-refractivity contribution in [3.05, 3.63) is 76.2 Å². The first-order chi connectivity index (χ1) is 15.5. The summed E-state index contributed by atoms with van der Waals surface area (Å²) in [4.78, 5) is 28.1. The number of carbonyl (C=O) groups is 1. The number of fused-ring (bicyclic) bond motifs is 3. The van der Waals surface area contributed by atoms with Crippen LogP contribution in [-0.4, -0.2) is 59.3 Å². The molecule has 4 aromatic rings. The highest BCUT2D eigenvalue weighted by atomic mass is 16.5. The number of amides is 1. The zero-order valence-electron chi connectivity index (χ0n) is 18.5. The van der Waals surface area contributed by atoms with E-state index in [9.17, 15) is 9.59 Å². The molecule has 0 unspecified atom stereocenters. The average Bonchev–Trinajstić information content (AvgIpc) is 3.29. The zero-order valence-corrected chi connectivity index (χ0v) is 18.5. The molecular weight excluding hydrogens is 406 g/mol. The lowest BCUT2D eigenvalue weighted by Gasteiger charge is -2.14. The third kappa shape index (κ3) is 4.36. The molecule has 4 rings (SSSR count). The molecule has 1 N–H and O–H groups in total. The van der Waals surface area contributed by atoms with E-state index >= 15 is 0 Å². The summed E-state index contributed by atoms with van der Waals surface area (Å²) in [6, 6.07) is 14.7. The number of methoxy groups -OCH3 is 1. The summed E-state index contributed by atoms with van der Waals surface area (Å²) >= 11 is 0. The number of nitrogens with zero attached hydrogens (tertiary/aromatic N) is 4. The van der Waals surface area contributed by atoms with Crippen molar-refractivity contribution in [2.45, 2.75) is 13.0 Å². The molecule has 0 spiro atoms. The maximum Gasteiger partial charge on any atom is 0.277 e. The van der Waals surface area contributed by atoms with E-state index in [2.05, 4.69) is 15.3 Å². The van der Waals surface area contributed by atoms with Gasteiger partial charge >= 0.3 is 0 Å². The minimum atomic E-state index is -0.165. The van der Waals surface area contributed by atoms with E-state index < -0.39 is 0 Å². The lowest BCUT2D eigenvalue weighted by Crippen LogP contribution is -2.28. The Balaban J connectivity index is 1.74. The highest BCUT2D eigenvalue weighted by Gasteiger charge is 2.15. The summed E-state index contributed by atoms with van der Waals surface area (Å²) in [5.74, 6) is 0.565. The van der Waals surface area contributed by atoms with Crippen molar-refractivity contribution >= 4 is 22.5 Å². The maximum absolute atomic E-state index is 13.3. The van der Waals surface area contributed by atoms with E-state index in [0.29, 0.717) is 29.7 Å². The number of benzene rings is 2. The minimum absolute atomic E-state index is 0.161. The van der Waals surface area contributed by atoms with Crippen LogP contribution in [0.4, 0.5) is 0 Å². The van der Waals surface area contributed by atoms with E-state index in [0.717, 1.165) is 29.8 Å². The van der Waals surface area contributed by atoms with Gasteiger partial charge in [-0.25, -0.2) is 4.52 Å². The van der Waals surface area contributed by atoms with Crippen molar-refractivity contribution in [1.82, 2.24) is 24.4 Å². The molecular formula is C24H27N5O3. The van der Waals surface area contributed by atoms with Gasteiger partial charge in [-0.2, -0.15) is 5.10 Å². The molecule has 0 bridgehead atoms. The molecule has 0 aliphatic heterocycles. The highest BCUT2D eigenvalue weighted by Crippen LogP contribution is 2.19. The normalized spacial score (nSPS) is 11.4. The maximum atomic E-state index is 13.3. The molecule has 0 saturated carbocycles. The van der Waals surface area contributed by atoms with Crippen LogP contribution in [-0.2, 0) is 6.54 Å². The third-order valence-electron chi connectivity index (χ3n) is 5.41. The Kier molecular flexibility index (Phi) is 6.23. The van der Waals surface area contributed by atoms with Crippen LogP contribution >= 0.6 is 0 Å². The van der Waals surface area contributed by atoms with Gasteiger partial charge in [0.2, 0.25) is 0 Å². The molecule has 0 aliphatic carbocycles. The summed E-state index contributed by atoms with van der Waals surface area (Å²) in [7, 11) is 5.62. The summed E-state index contributed by atoms with van der Waals surface area (Å²) < 4.78 is 8.63. The van der Waals surface area contributed by atoms with Crippen LogP contribution in [0.1, 0.15) is 22.3 Å². The first-order valence-corrected chi connectivity index (χ1v) is 10.5. The minimum Gasteiger partial charge on any atom is -0.497 e. The van der Waals surface area contributed by atoms with E-state index in [1.165, 1.54) is 0 Å². The van der Waals surface area contributed by atoms with Crippen LogP contribution in [0.2, 0.25) is 0 Å². The van der Waals surface area contributed by atoms with Gasteiger partial charge in [0.15, 0.2) is 0 Å². The fourth-order valence-electron chi connectivity index (χ4n) is 3.77. The van der Waals surface area contributed by atoms with Crippen LogP contribution in [0.15, 0.2) is 59.5 Å². The number of hydrogen-bond acceptors (Lipinski definition) is 5. The van der Waals surface area contributed by atoms with Gasteiger partial charge < -0.3 is 19.5 Å². The second kappa shape index (κ2) is 9.23. The van der Waals surface area contributed by atoms with Gasteiger partial charge in [0, 0.05) is 12.1 Å². The van der Waals surface area contributed by atoms with Crippen LogP contribution < -0.4 is 15.6 Å². The Bertz CT molecular complexity index is 1320. The molecule has 0 fully saturated rings. The van der Waals surface area contributed by atoms with Crippen LogP contribution in [0, 0.1) is 0 Å². The average molecular weight is 434 g/mol. The zero-order chi connectivity index (χ0) is 22.7. The third-order valence-corrected chi connectivity index (χ3v) is 5.41. The number of nitrogens with one attached hydrogen (secondary N) is 1. The largest absolute Gasteiger partial charge is 0.497 e. The Morgan fingerprint density at radius 3 is 2.72 bits per heavy atom. The standard InChI is InChI=1S/C24H27N5O3/c1-27(2)13-5-11-25-23(30)18-8-9-20-22(15-18)28(24(31)21-10-12-26-29(20)21)16-17-6-4-7-19(14-17)32-3/h4,6-10,12,14-15H,5,11,13,16H2,1-3H3,(H,25,30). The molecule has 2 aromatic carbocycles. The summed E-state index contributed by atoms with van der Waals surface area (Å²) in [6.07, 6.45) is 2.47. The first kappa shape index (κ1) is 21.6. The van der Waals surface area contributed by atoms with Crippen LogP contribution in [0.3, 0.4) is 0 Å². The fourth-order valence-corrected chi connectivity index (χ4v) is 3.77. The Morgan fingerprint density at radius 1 is 1.09 bits per heavy atom. The van der Waals surface area contributed by atoms with Gasteiger partial charge in [-0.3, -0.25) is 9.59 Å². The fraction of sp³-hybridized carbons (Fsp3) is 0.292. The van der Waals surface area contributed by atoms with Gasteiger partial charge in [-0.1, -0.05) is 12.1 Å². The number of hydrogen-bond donors (Lipinski definition) is 1. The quantitative estimate of drug-likeness (QED) is 0.432. The van der Waals surface area contributed by atoms with E-state index in [1.807, 2.05) is 44.4 Å². The number of aromatic nitrogens is 3. The molecule has 0 aliphatic rings. The molecule has 1 amide bonds. The second-order valence-electron chi connectivity index (χ2n) is 7.99. The number of carbonyl (C=O) groups excluding carboxylic acids is 1. The second-order valence-corrected chi connectivity index (χ2v) is 7.99. The van der Waals surface area contributed by atoms with Crippen molar-refractivity contribution in [3.63, 3.8) is 0 Å². The van der Waals surface area contributed by atoms with Gasteiger partial charge in [-0.15, -0.1) is 0 Å². The van der Waals surface area contributed by atoms with E-state index in [4.69, 9.17) is 4.74 Å². The van der Waals surface area contributed by atoms with E-state index in [1.54, 1.807) is 40.6 Å². The van der Waals surface area contributed by atoms with E-state index in [-0.39, 0.29) is 11.5 Å². The SMILES string of the molecule is COc1cccc(Cn2c(=O)c3ccnn3c3ccc(C(=O)NCCCN(C)C)cc32)c1. The molecule has 2 aromatic heterocycles. The summed E-state index contributed by atoms with van der Waals surface area (Å²) in [6.45, 7) is 1.83. The molecule has 0 saturated heterocycles. The van der Waals surface area contributed by atoms with Crippen LogP contribution in [0.5, 0.6) is 5.75 Å². The van der Waals surface area contributed by atoms with Crippen LogP contribution in [0.25, 0.3) is 16.6 Å². The Labute approximate surface area is 186 Å². The number of rotatable bonds is 8. The van der Waals surface area contributed by atoms with Crippen molar-refractivity contribution in [1.29, 1.82) is 0 Å². The monoisotopic (exact) mass is 433 g/mol. The summed E-state index contributed by atoms with van der Waals surface area (Å²) in [5, 5.41) is 7.27. The lowest BCUT2D eigenvalue weighted by atomic mass is 10.1. The molecule has 166 valence electrons.